The first-order chi connectivity index (χ1) is 12.9. The van der Waals surface area contributed by atoms with Gasteiger partial charge in [-0.2, -0.15) is 5.10 Å². The van der Waals surface area contributed by atoms with Crippen LogP contribution in [0, 0.1) is 11.6 Å². The molecule has 3 aromatic rings. The lowest BCUT2D eigenvalue weighted by atomic mass is 10.1. The number of nitrogens with one attached hydrogen (secondary N) is 2. The van der Waals surface area contributed by atoms with Crippen LogP contribution in [0.3, 0.4) is 0 Å². The standard InChI is InChI=1S/C18H14F2N4O3/c1-21-17(26)16-13-4-2-3-5-14(13)18(27)24(23-16)9-15(25)22-12-7-10(19)6-11(20)8-12/h2-8H,9H2,1H3,(H,21,26)(H,22,25). The molecule has 9 heteroatoms. The topological polar surface area (TPSA) is 93.1 Å². The lowest BCUT2D eigenvalue weighted by Gasteiger charge is -2.11. The number of nitrogens with zero attached hydrogens (tertiary/aromatic N) is 2. The van der Waals surface area contributed by atoms with Crippen molar-refractivity contribution in [2.75, 3.05) is 12.4 Å². The Morgan fingerprint density at radius 3 is 2.33 bits per heavy atom. The van der Waals surface area contributed by atoms with Crippen LogP contribution in [0.4, 0.5) is 14.5 Å². The van der Waals surface area contributed by atoms with Crippen molar-refractivity contribution in [1.82, 2.24) is 15.1 Å². The maximum absolute atomic E-state index is 13.2. The fourth-order valence-corrected chi connectivity index (χ4v) is 2.59. The van der Waals surface area contributed by atoms with E-state index in [9.17, 15) is 23.2 Å². The highest BCUT2D eigenvalue weighted by Crippen LogP contribution is 2.14. The van der Waals surface area contributed by atoms with Crippen molar-refractivity contribution < 1.29 is 18.4 Å². The van der Waals surface area contributed by atoms with E-state index in [1.807, 2.05) is 0 Å². The predicted octanol–water partition coefficient (Wildman–Crippen LogP) is 1.67. The lowest BCUT2D eigenvalue weighted by molar-refractivity contribution is -0.117. The third-order valence-electron chi connectivity index (χ3n) is 3.75. The van der Waals surface area contributed by atoms with Crippen LogP contribution in [-0.4, -0.2) is 28.6 Å². The maximum atomic E-state index is 13.2. The molecule has 1 heterocycles. The van der Waals surface area contributed by atoms with Crippen molar-refractivity contribution in [1.29, 1.82) is 0 Å². The summed E-state index contributed by atoms with van der Waals surface area (Å²) in [5.41, 5.74) is -0.686. The van der Waals surface area contributed by atoms with Crippen molar-refractivity contribution in [2.24, 2.45) is 0 Å². The highest BCUT2D eigenvalue weighted by molar-refractivity contribution is 6.04. The monoisotopic (exact) mass is 372 g/mol. The third kappa shape index (κ3) is 3.81. The number of hydrogen-bond acceptors (Lipinski definition) is 4. The van der Waals surface area contributed by atoms with E-state index in [-0.39, 0.29) is 16.8 Å². The number of carbonyl (C=O) groups excluding carboxylic acids is 2. The van der Waals surface area contributed by atoms with E-state index in [1.165, 1.54) is 13.1 Å². The number of halogens is 2. The van der Waals surface area contributed by atoms with Crippen molar-refractivity contribution in [3.8, 4) is 0 Å². The molecule has 0 aliphatic rings. The Bertz CT molecular complexity index is 1090. The van der Waals surface area contributed by atoms with Crippen LogP contribution in [0.2, 0.25) is 0 Å². The Labute approximate surface area is 151 Å². The van der Waals surface area contributed by atoms with E-state index in [4.69, 9.17) is 0 Å². The number of anilines is 1. The summed E-state index contributed by atoms with van der Waals surface area (Å²) in [6.07, 6.45) is 0. The molecule has 7 nitrogen and oxygen atoms in total. The van der Waals surface area contributed by atoms with Crippen molar-refractivity contribution >= 4 is 28.3 Å². The first-order valence-electron chi connectivity index (χ1n) is 7.87. The largest absolute Gasteiger partial charge is 0.354 e. The predicted molar refractivity (Wildman–Crippen MR) is 94.4 cm³/mol. The maximum Gasteiger partial charge on any atom is 0.275 e. The Morgan fingerprint density at radius 1 is 1.07 bits per heavy atom. The first-order valence-corrected chi connectivity index (χ1v) is 7.87. The summed E-state index contributed by atoms with van der Waals surface area (Å²) in [4.78, 5) is 36.8. The molecule has 27 heavy (non-hydrogen) atoms. The molecule has 2 aromatic carbocycles. The summed E-state index contributed by atoms with van der Waals surface area (Å²) in [6, 6.07) is 8.92. The second-order valence-corrected chi connectivity index (χ2v) is 5.64. The van der Waals surface area contributed by atoms with Gasteiger partial charge in [-0.05, 0) is 18.2 Å². The molecule has 0 saturated carbocycles. The number of carbonyl (C=O) groups is 2. The zero-order valence-electron chi connectivity index (χ0n) is 14.1. The van der Waals surface area contributed by atoms with Gasteiger partial charge in [0.1, 0.15) is 18.2 Å². The Kier molecular flexibility index (Phi) is 4.93. The van der Waals surface area contributed by atoms with Gasteiger partial charge in [0.05, 0.1) is 5.39 Å². The SMILES string of the molecule is CNC(=O)c1nn(CC(=O)Nc2cc(F)cc(F)c2)c(=O)c2ccccc12. The van der Waals surface area contributed by atoms with Gasteiger partial charge in [-0.3, -0.25) is 14.4 Å². The average molecular weight is 372 g/mol. The molecule has 0 spiro atoms. The molecule has 0 saturated heterocycles. The summed E-state index contributed by atoms with van der Waals surface area (Å²) in [6.45, 7) is -0.536. The molecular formula is C18H14F2N4O3. The van der Waals surface area contributed by atoms with Gasteiger partial charge in [0.2, 0.25) is 5.91 Å². The summed E-state index contributed by atoms with van der Waals surface area (Å²) in [5.74, 6) is -2.96. The Balaban J connectivity index is 1.96. The second kappa shape index (κ2) is 7.32. The molecule has 3 rings (SSSR count). The van der Waals surface area contributed by atoms with E-state index in [1.54, 1.807) is 18.2 Å². The second-order valence-electron chi connectivity index (χ2n) is 5.64. The molecular weight excluding hydrogens is 358 g/mol. The van der Waals surface area contributed by atoms with Gasteiger partial charge in [0.15, 0.2) is 5.69 Å². The van der Waals surface area contributed by atoms with Crippen LogP contribution in [0.25, 0.3) is 10.8 Å². The van der Waals surface area contributed by atoms with Crippen LogP contribution in [-0.2, 0) is 11.3 Å². The molecule has 2 N–H and O–H groups in total. The van der Waals surface area contributed by atoms with Crippen LogP contribution in [0.15, 0.2) is 47.3 Å². The van der Waals surface area contributed by atoms with E-state index in [0.29, 0.717) is 11.5 Å². The minimum atomic E-state index is -0.854. The molecule has 0 aliphatic carbocycles. The number of benzene rings is 2. The highest BCUT2D eigenvalue weighted by atomic mass is 19.1. The average Bonchev–Trinajstić information content (AvgIpc) is 2.62. The zero-order chi connectivity index (χ0) is 19.6. The number of hydrogen-bond donors (Lipinski definition) is 2. The van der Waals surface area contributed by atoms with E-state index in [2.05, 4.69) is 15.7 Å². The van der Waals surface area contributed by atoms with Crippen molar-refractivity contribution in [3.63, 3.8) is 0 Å². The summed E-state index contributed by atoms with van der Waals surface area (Å²) < 4.78 is 27.3. The van der Waals surface area contributed by atoms with Crippen molar-refractivity contribution in [2.45, 2.75) is 6.54 Å². The fourth-order valence-electron chi connectivity index (χ4n) is 2.59. The van der Waals surface area contributed by atoms with Crippen LogP contribution in [0.1, 0.15) is 10.5 Å². The molecule has 0 unspecified atom stereocenters. The summed E-state index contributed by atoms with van der Waals surface area (Å²) in [5, 5.41) is 9.26. The molecule has 0 radical (unpaired) electrons. The number of amides is 2. The van der Waals surface area contributed by atoms with E-state index >= 15 is 0 Å². The van der Waals surface area contributed by atoms with Gasteiger partial charge in [-0.1, -0.05) is 18.2 Å². The molecule has 0 aliphatic heterocycles. The lowest BCUT2D eigenvalue weighted by Crippen LogP contribution is -2.33. The Hall–Kier alpha value is -3.62. The normalized spacial score (nSPS) is 10.6. The Morgan fingerprint density at radius 2 is 1.70 bits per heavy atom. The molecule has 0 atom stereocenters. The quantitative estimate of drug-likeness (QED) is 0.729. The molecule has 0 bridgehead atoms. The van der Waals surface area contributed by atoms with E-state index in [0.717, 1.165) is 16.8 Å². The first kappa shape index (κ1) is 18.2. The van der Waals surface area contributed by atoms with Gasteiger partial charge in [0, 0.05) is 24.2 Å². The number of fused-ring (bicyclic) bond motifs is 1. The zero-order valence-corrected chi connectivity index (χ0v) is 14.1. The van der Waals surface area contributed by atoms with Crippen molar-refractivity contribution in [3.05, 3.63) is 70.1 Å². The minimum absolute atomic E-state index is 0.0164. The van der Waals surface area contributed by atoms with Gasteiger partial charge < -0.3 is 10.6 Å². The van der Waals surface area contributed by atoms with Gasteiger partial charge in [-0.25, -0.2) is 13.5 Å². The van der Waals surface area contributed by atoms with Gasteiger partial charge in [-0.15, -0.1) is 0 Å². The minimum Gasteiger partial charge on any atom is -0.354 e. The van der Waals surface area contributed by atoms with Crippen LogP contribution < -0.4 is 16.2 Å². The highest BCUT2D eigenvalue weighted by Gasteiger charge is 2.17. The van der Waals surface area contributed by atoms with Gasteiger partial charge in [0.25, 0.3) is 11.5 Å². The molecule has 0 fully saturated rings. The third-order valence-corrected chi connectivity index (χ3v) is 3.75. The van der Waals surface area contributed by atoms with E-state index < -0.39 is 35.6 Å². The van der Waals surface area contributed by atoms with Crippen LogP contribution >= 0.6 is 0 Å². The summed E-state index contributed by atoms with van der Waals surface area (Å²) in [7, 11) is 1.42. The van der Waals surface area contributed by atoms with Crippen LogP contribution in [0.5, 0.6) is 0 Å². The number of rotatable bonds is 4. The molecule has 1 aromatic heterocycles. The summed E-state index contributed by atoms with van der Waals surface area (Å²) >= 11 is 0. The smallest absolute Gasteiger partial charge is 0.275 e. The molecule has 2 amide bonds. The molecule has 138 valence electrons. The van der Waals surface area contributed by atoms with Gasteiger partial charge >= 0.3 is 0 Å². The fraction of sp³-hybridized carbons (Fsp3) is 0.111. The number of aromatic nitrogens is 2.